The second-order valence-electron chi connectivity index (χ2n) is 9.43. The summed E-state index contributed by atoms with van der Waals surface area (Å²) in [6, 6.07) is 14.2. The van der Waals surface area contributed by atoms with Crippen molar-refractivity contribution in [1.29, 1.82) is 0 Å². The number of carbonyl (C=O) groups is 2. The van der Waals surface area contributed by atoms with Crippen molar-refractivity contribution in [3.8, 4) is 0 Å². The van der Waals surface area contributed by atoms with Crippen molar-refractivity contribution in [1.82, 2.24) is 19.4 Å². The number of aromatic nitrogens is 2. The zero-order chi connectivity index (χ0) is 23.7. The first-order valence-electron chi connectivity index (χ1n) is 12.5. The number of likely N-dealkylation sites (tertiary alicyclic amines) is 2. The summed E-state index contributed by atoms with van der Waals surface area (Å²) >= 11 is 0. The number of anilines is 1. The monoisotopic (exact) mass is 459 g/mol. The van der Waals surface area contributed by atoms with Gasteiger partial charge in [-0.25, -0.2) is 9.78 Å². The molecule has 1 N–H and O–H groups in total. The molecule has 2 aliphatic rings. The van der Waals surface area contributed by atoms with Crippen molar-refractivity contribution in [2.24, 2.45) is 0 Å². The van der Waals surface area contributed by atoms with E-state index in [9.17, 15) is 9.59 Å². The Balaban J connectivity index is 1.25. The Morgan fingerprint density at radius 3 is 2.35 bits per heavy atom. The molecule has 3 amide bonds. The number of rotatable bonds is 4. The largest absolute Gasteiger partial charge is 0.339 e. The molecular formula is C27H33N5O2. The number of imidazole rings is 1. The van der Waals surface area contributed by atoms with Crippen LogP contribution in [0.4, 0.5) is 10.5 Å². The molecule has 1 aromatic heterocycles. The minimum atomic E-state index is -0.0417. The van der Waals surface area contributed by atoms with Crippen LogP contribution in [0.2, 0.25) is 0 Å². The molecule has 0 aliphatic carbocycles. The molecule has 0 spiro atoms. The van der Waals surface area contributed by atoms with Gasteiger partial charge in [-0.15, -0.1) is 0 Å². The number of hydrogen-bond acceptors (Lipinski definition) is 3. The molecule has 2 saturated heterocycles. The molecular weight excluding hydrogens is 426 g/mol. The van der Waals surface area contributed by atoms with Crippen molar-refractivity contribution in [2.45, 2.75) is 52.0 Å². The van der Waals surface area contributed by atoms with E-state index < -0.39 is 0 Å². The van der Waals surface area contributed by atoms with Crippen molar-refractivity contribution in [2.75, 3.05) is 31.5 Å². The number of urea groups is 1. The molecule has 0 unspecified atom stereocenters. The van der Waals surface area contributed by atoms with E-state index in [0.717, 1.165) is 73.3 Å². The van der Waals surface area contributed by atoms with E-state index in [2.05, 4.69) is 28.9 Å². The third-order valence-corrected chi connectivity index (χ3v) is 7.24. The highest BCUT2D eigenvalue weighted by molar-refractivity contribution is 5.97. The number of piperidine rings is 1. The van der Waals surface area contributed by atoms with Gasteiger partial charge in [-0.2, -0.15) is 0 Å². The summed E-state index contributed by atoms with van der Waals surface area (Å²) in [5.41, 5.74) is 4.75. The van der Waals surface area contributed by atoms with Crippen LogP contribution in [0.3, 0.4) is 0 Å². The number of aryl methyl sites for hydroxylation is 2. The lowest BCUT2D eigenvalue weighted by atomic mass is 10.0. The number of nitrogens with zero attached hydrogens (tertiary/aromatic N) is 4. The van der Waals surface area contributed by atoms with Gasteiger partial charge in [-0.3, -0.25) is 4.79 Å². The predicted octanol–water partition coefficient (Wildman–Crippen LogP) is 5.01. The Morgan fingerprint density at radius 1 is 0.971 bits per heavy atom. The minimum absolute atomic E-state index is 0.0417. The van der Waals surface area contributed by atoms with Crippen LogP contribution in [0.15, 0.2) is 42.5 Å². The lowest BCUT2D eigenvalue weighted by Crippen LogP contribution is -2.41. The summed E-state index contributed by atoms with van der Waals surface area (Å²) in [6.07, 6.45) is 4.92. The van der Waals surface area contributed by atoms with Gasteiger partial charge in [0.15, 0.2) is 0 Å². The number of fused-ring (bicyclic) bond motifs is 1. The van der Waals surface area contributed by atoms with Gasteiger partial charge in [0.05, 0.1) is 11.0 Å². The van der Waals surface area contributed by atoms with Crippen molar-refractivity contribution in [3.05, 3.63) is 59.4 Å². The minimum Gasteiger partial charge on any atom is -0.339 e. The molecule has 2 fully saturated rings. The molecule has 5 rings (SSSR count). The van der Waals surface area contributed by atoms with Crippen LogP contribution in [0, 0.1) is 6.92 Å². The molecule has 3 heterocycles. The van der Waals surface area contributed by atoms with Gasteiger partial charge in [-0.05, 0) is 74.9 Å². The molecule has 7 nitrogen and oxygen atoms in total. The SMILES string of the molecule is CCc1ccc(NC(=O)N2CCC(n3c(C)nc4cc(C(=O)N5CCCC5)ccc43)CC2)cc1. The first-order chi connectivity index (χ1) is 16.5. The van der Waals surface area contributed by atoms with E-state index in [0.29, 0.717) is 13.1 Å². The Kier molecular flexibility index (Phi) is 6.26. The smallest absolute Gasteiger partial charge is 0.321 e. The van der Waals surface area contributed by atoms with Crippen LogP contribution in [-0.2, 0) is 6.42 Å². The number of benzene rings is 2. The third kappa shape index (κ3) is 4.39. The topological polar surface area (TPSA) is 70.5 Å². The second kappa shape index (κ2) is 9.49. The van der Waals surface area contributed by atoms with Gasteiger partial charge in [0.2, 0.25) is 0 Å². The lowest BCUT2D eigenvalue weighted by molar-refractivity contribution is 0.0793. The normalized spacial score (nSPS) is 16.9. The zero-order valence-corrected chi connectivity index (χ0v) is 20.1. The van der Waals surface area contributed by atoms with E-state index in [1.807, 2.05) is 47.1 Å². The fraction of sp³-hybridized carbons (Fsp3) is 0.444. The maximum Gasteiger partial charge on any atom is 0.321 e. The molecule has 2 aliphatic heterocycles. The maximum atomic E-state index is 12.8. The number of hydrogen-bond donors (Lipinski definition) is 1. The highest BCUT2D eigenvalue weighted by Gasteiger charge is 2.27. The highest BCUT2D eigenvalue weighted by Crippen LogP contribution is 2.30. The summed E-state index contributed by atoms with van der Waals surface area (Å²) in [5, 5.41) is 3.03. The van der Waals surface area contributed by atoms with Crippen LogP contribution >= 0.6 is 0 Å². The Labute approximate surface area is 200 Å². The molecule has 7 heteroatoms. The number of nitrogens with one attached hydrogen (secondary N) is 1. The van der Waals surface area contributed by atoms with E-state index in [1.165, 1.54) is 5.56 Å². The van der Waals surface area contributed by atoms with Gasteiger partial charge in [-0.1, -0.05) is 19.1 Å². The summed E-state index contributed by atoms with van der Waals surface area (Å²) in [7, 11) is 0. The number of amides is 3. The predicted molar refractivity (Wildman–Crippen MR) is 134 cm³/mol. The molecule has 0 radical (unpaired) electrons. The fourth-order valence-electron chi connectivity index (χ4n) is 5.27. The van der Waals surface area contributed by atoms with Gasteiger partial charge in [0, 0.05) is 43.5 Å². The average molecular weight is 460 g/mol. The Hall–Kier alpha value is -3.35. The average Bonchev–Trinajstić information content (AvgIpc) is 3.51. The molecule has 2 aromatic carbocycles. The van der Waals surface area contributed by atoms with Gasteiger partial charge >= 0.3 is 6.03 Å². The first-order valence-corrected chi connectivity index (χ1v) is 12.5. The van der Waals surface area contributed by atoms with Gasteiger partial charge in [0.1, 0.15) is 5.82 Å². The third-order valence-electron chi connectivity index (χ3n) is 7.24. The maximum absolute atomic E-state index is 12.8. The van der Waals surface area contributed by atoms with Crippen molar-refractivity contribution < 1.29 is 9.59 Å². The second-order valence-corrected chi connectivity index (χ2v) is 9.43. The van der Waals surface area contributed by atoms with E-state index in [-0.39, 0.29) is 18.0 Å². The van der Waals surface area contributed by atoms with E-state index in [4.69, 9.17) is 4.98 Å². The molecule has 3 aromatic rings. The molecule has 0 bridgehead atoms. The van der Waals surface area contributed by atoms with Crippen molar-refractivity contribution >= 4 is 28.7 Å². The van der Waals surface area contributed by atoms with Gasteiger partial charge < -0.3 is 19.7 Å². The van der Waals surface area contributed by atoms with Crippen molar-refractivity contribution in [3.63, 3.8) is 0 Å². The Morgan fingerprint density at radius 2 is 1.68 bits per heavy atom. The standard InChI is InChI=1S/C27H33N5O2/c1-3-20-6-9-22(10-7-20)29-27(34)31-16-12-23(13-17-31)32-19(2)28-24-18-21(8-11-25(24)32)26(33)30-14-4-5-15-30/h6-11,18,23H,3-5,12-17H2,1-2H3,(H,29,34). The summed E-state index contributed by atoms with van der Waals surface area (Å²) in [4.78, 5) is 34.2. The van der Waals surface area contributed by atoms with Crippen LogP contribution in [0.5, 0.6) is 0 Å². The zero-order valence-electron chi connectivity index (χ0n) is 20.1. The van der Waals surface area contributed by atoms with Crippen LogP contribution in [-0.4, -0.2) is 57.5 Å². The molecule has 178 valence electrons. The summed E-state index contributed by atoms with van der Waals surface area (Å²) in [5.74, 6) is 1.06. The van der Waals surface area contributed by atoms with E-state index >= 15 is 0 Å². The van der Waals surface area contributed by atoms with E-state index in [1.54, 1.807) is 0 Å². The number of carbonyl (C=O) groups excluding carboxylic acids is 2. The fourth-order valence-corrected chi connectivity index (χ4v) is 5.27. The van der Waals surface area contributed by atoms with Crippen LogP contribution in [0.25, 0.3) is 11.0 Å². The summed E-state index contributed by atoms with van der Waals surface area (Å²) < 4.78 is 2.29. The molecule has 0 atom stereocenters. The summed E-state index contributed by atoms with van der Waals surface area (Å²) in [6.45, 7) is 7.25. The molecule has 0 saturated carbocycles. The van der Waals surface area contributed by atoms with Crippen LogP contribution in [0.1, 0.15) is 60.4 Å². The quantitative estimate of drug-likeness (QED) is 0.596. The van der Waals surface area contributed by atoms with Gasteiger partial charge in [0.25, 0.3) is 5.91 Å². The highest BCUT2D eigenvalue weighted by atomic mass is 16.2. The van der Waals surface area contributed by atoms with Crippen LogP contribution < -0.4 is 5.32 Å². The lowest BCUT2D eigenvalue weighted by Gasteiger charge is -2.33. The Bertz CT molecular complexity index is 1190. The molecule has 34 heavy (non-hydrogen) atoms. The first kappa shape index (κ1) is 22.4.